The molecule has 1 aromatic carbocycles. The van der Waals surface area contributed by atoms with E-state index >= 15 is 0 Å². The van der Waals surface area contributed by atoms with Crippen LogP contribution < -0.4 is 11.1 Å². The van der Waals surface area contributed by atoms with Gasteiger partial charge in [-0.15, -0.1) is 0 Å². The number of H-pyrrole nitrogens is 1. The Balaban J connectivity index is 1.45. The molecule has 2 amide bonds. The molecule has 4 N–H and O–H groups in total. The summed E-state index contributed by atoms with van der Waals surface area (Å²) in [6, 6.07) is 11.7. The first-order chi connectivity index (χ1) is 17.4. The van der Waals surface area contributed by atoms with Gasteiger partial charge in [0, 0.05) is 31.4 Å². The Morgan fingerprint density at radius 3 is 2.47 bits per heavy atom. The molecular weight excluding hydrogens is 456 g/mol. The predicted molar refractivity (Wildman–Crippen MR) is 136 cm³/mol. The fraction of sp³-hybridized carbons (Fsp3) is 0.346. The van der Waals surface area contributed by atoms with Crippen molar-refractivity contribution in [2.45, 2.75) is 51.6 Å². The summed E-state index contributed by atoms with van der Waals surface area (Å²) in [6.45, 7) is 2.02. The lowest BCUT2D eigenvalue weighted by molar-refractivity contribution is -0.122. The molecule has 0 aliphatic carbocycles. The number of hydrogen-bond donors (Lipinski definition) is 3. The van der Waals surface area contributed by atoms with E-state index in [1.165, 1.54) is 0 Å². The van der Waals surface area contributed by atoms with Gasteiger partial charge in [-0.25, -0.2) is 4.98 Å². The lowest BCUT2D eigenvalue weighted by atomic mass is 10.1. The molecule has 0 fully saturated rings. The number of amides is 2. The number of carbonyl (C=O) groups excluding carboxylic acids is 2. The summed E-state index contributed by atoms with van der Waals surface area (Å²) in [6.07, 6.45) is 8.95. The van der Waals surface area contributed by atoms with Crippen LogP contribution in [0.3, 0.4) is 0 Å². The minimum absolute atomic E-state index is 0.133. The Hall–Kier alpha value is -4.21. The summed E-state index contributed by atoms with van der Waals surface area (Å²) < 4.78 is 3.39. The van der Waals surface area contributed by atoms with Gasteiger partial charge in [0.1, 0.15) is 12.4 Å². The smallest absolute Gasteiger partial charge is 0.242 e. The maximum Gasteiger partial charge on any atom is 0.242 e. The summed E-state index contributed by atoms with van der Waals surface area (Å²) in [5.41, 5.74) is 9.92. The number of nitrogens with two attached hydrogens (primary N) is 1. The van der Waals surface area contributed by atoms with Crippen molar-refractivity contribution in [2.75, 3.05) is 0 Å². The Morgan fingerprint density at radius 2 is 1.81 bits per heavy atom. The quantitative estimate of drug-likeness (QED) is 0.263. The van der Waals surface area contributed by atoms with Gasteiger partial charge in [0.05, 0.1) is 29.3 Å². The van der Waals surface area contributed by atoms with Gasteiger partial charge in [-0.05, 0) is 37.5 Å². The molecule has 1 atom stereocenters. The molecule has 0 saturated carbocycles. The Morgan fingerprint density at radius 1 is 1.03 bits per heavy atom. The summed E-state index contributed by atoms with van der Waals surface area (Å²) in [5, 5.41) is 11.8. The van der Waals surface area contributed by atoms with Crippen LogP contribution in [-0.2, 0) is 23.2 Å². The summed E-state index contributed by atoms with van der Waals surface area (Å²) in [7, 11) is 1.90. The molecule has 3 aromatic heterocycles. The predicted octanol–water partition coefficient (Wildman–Crippen LogP) is 3.28. The largest absolute Gasteiger partial charge is 0.370 e. The fourth-order valence-corrected chi connectivity index (χ4v) is 4.09. The van der Waals surface area contributed by atoms with Crippen molar-refractivity contribution >= 4 is 11.8 Å². The van der Waals surface area contributed by atoms with E-state index in [4.69, 9.17) is 5.73 Å². The Bertz CT molecular complexity index is 1300. The average molecular weight is 489 g/mol. The number of benzene rings is 1. The molecule has 36 heavy (non-hydrogen) atoms. The highest BCUT2D eigenvalue weighted by Crippen LogP contribution is 2.25. The zero-order valence-electron chi connectivity index (χ0n) is 20.6. The number of hydrogen-bond acceptors (Lipinski definition) is 5. The molecule has 188 valence electrons. The van der Waals surface area contributed by atoms with E-state index < -0.39 is 0 Å². The van der Waals surface area contributed by atoms with Crippen LogP contribution in [0.1, 0.15) is 49.7 Å². The standard InChI is InChI=1S/C26H32N8O2/c1-18-12-15-34(31-18)17-25(36)29-22(6-4-3-5-7-24(27)35)26-28-16-23(30-26)20-10-8-19(9-11-20)21-13-14-33(2)32-21/h8-16,22H,3-7,17H2,1-2H3,(H2,27,35)(H,28,30)(H,29,36)/t22-/m0/s1. The summed E-state index contributed by atoms with van der Waals surface area (Å²) in [5.74, 6) is 0.260. The first-order valence-corrected chi connectivity index (χ1v) is 12.1. The molecular formula is C26H32N8O2. The highest BCUT2D eigenvalue weighted by Gasteiger charge is 2.19. The molecule has 3 heterocycles. The topological polar surface area (TPSA) is 137 Å². The van der Waals surface area contributed by atoms with Crippen molar-refractivity contribution in [3.05, 3.63) is 66.5 Å². The summed E-state index contributed by atoms with van der Waals surface area (Å²) >= 11 is 0. The van der Waals surface area contributed by atoms with Crippen molar-refractivity contribution in [2.24, 2.45) is 12.8 Å². The number of nitrogens with one attached hydrogen (secondary N) is 2. The molecule has 0 bridgehead atoms. The average Bonchev–Trinajstić information content (AvgIpc) is 3.59. The van der Waals surface area contributed by atoms with Crippen molar-refractivity contribution < 1.29 is 9.59 Å². The molecule has 0 aliphatic rings. The van der Waals surface area contributed by atoms with E-state index in [0.717, 1.165) is 47.5 Å². The lowest BCUT2D eigenvalue weighted by Crippen LogP contribution is -2.32. The number of unbranched alkanes of at least 4 members (excludes halogenated alkanes) is 2. The maximum atomic E-state index is 12.8. The van der Waals surface area contributed by atoms with Crippen LogP contribution in [0.5, 0.6) is 0 Å². The molecule has 0 aliphatic heterocycles. The second kappa shape index (κ2) is 11.5. The van der Waals surface area contributed by atoms with Gasteiger partial charge in [0.25, 0.3) is 0 Å². The van der Waals surface area contributed by atoms with Gasteiger partial charge in [0.15, 0.2) is 0 Å². The van der Waals surface area contributed by atoms with E-state index in [2.05, 4.69) is 25.5 Å². The SMILES string of the molecule is Cc1ccn(CC(=O)N[C@@H](CCCCCC(N)=O)c2ncc(-c3ccc(-c4ccn(C)n4)cc3)[nH]2)n1. The molecule has 10 nitrogen and oxygen atoms in total. The lowest BCUT2D eigenvalue weighted by Gasteiger charge is -2.17. The monoisotopic (exact) mass is 488 g/mol. The van der Waals surface area contributed by atoms with Crippen LogP contribution in [0, 0.1) is 6.92 Å². The normalized spacial score (nSPS) is 11.9. The third-order valence-corrected chi connectivity index (χ3v) is 5.96. The van der Waals surface area contributed by atoms with Crippen LogP contribution in [0.2, 0.25) is 0 Å². The van der Waals surface area contributed by atoms with Crippen LogP contribution in [0.4, 0.5) is 0 Å². The molecule has 4 aromatic rings. The van der Waals surface area contributed by atoms with Crippen molar-refractivity contribution in [1.82, 2.24) is 34.8 Å². The molecule has 0 saturated heterocycles. The molecule has 4 rings (SSSR count). The number of aromatic nitrogens is 6. The van der Waals surface area contributed by atoms with Gasteiger partial charge >= 0.3 is 0 Å². The maximum absolute atomic E-state index is 12.8. The number of aryl methyl sites for hydroxylation is 2. The van der Waals surface area contributed by atoms with E-state index in [-0.39, 0.29) is 24.4 Å². The van der Waals surface area contributed by atoms with Gasteiger partial charge < -0.3 is 16.0 Å². The van der Waals surface area contributed by atoms with Gasteiger partial charge in [-0.2, -0.15) is 10.2 Å². The first kappa shape index (κ1) is 24.9. The number of primary amides is 1. The number of rotatable bonds is 12. The molecule has 10 heteroatoms. The zero-order valence-corrected chi connectivity index (χ0v) is 20.6. The zero-order chi connectivity index (χ0) is 25.5. The van der Waals surface area contributed by atoms with Crippen LogP contribution >= 0.6 is 0 Å². The highest BCUT2D eigenvalue weighted by molar-refractivity contribution is 5.76. The van der Waals surface area contributed by atoms with Gasteiger partial charge in [0.2, 0.25) is 11.8 Å². The molecule has 0 radical (unpaired) electrons. The third-order valence-electron chi connectivity index (χ3n) is 5.96. The van der Waals surface area contributed by atoms with Gasteiger partial charge in [-0.3, -0.25) is 19.0 Å². The second-order valence-electron chi connectivity index (χ2n) is 8.97. The van der Waals surface area contributed by atoms with E-state index in [9.17, 15) is 9.59 Å². The molecule has 0 unspecified atom stereocenters. The van der Waals surface area contributed by atoms with E-state index in [0.29, 0.717) is 18.7 Å². The van der Waals surface area contributed by atoms with Crippen LogP contribution in [-0.4, -0.2) is 41.3 Å². The Kier molecular flexibility index (Phi) is 7.94. The van der Waals surface area contributed by atoms with Crippen LogP contribution in [0.25, 0.3) is 22.5 Å². The third kappa shape index (κ3) is 6.68. The van der Waals surface area contributed by atoms with E-state index in [1.807, 2.05) is 56.6 Å². The molecule has 0 spiro atoms. The van der Waals surface area contributed by atoms with Crippen molar-refractivity contribution in [3.63, 3.8) is 0 Å². The number of carbonyl (C=O) groups is 2. The number of aromatic amines is 1. The van der Waals surface area contributed by atoms with Crippen molar-refractivity contribution in [3.8, 4) is 22.5 Å². The van der Waals surface area contributed by atoms with Gasteiger partial charge in [-0.1, -0.05) is 37.1 Å². The minimum Gasteiger partial charge on any atom is -0.370 e. The fourth-order valence-electron chi connectivity index (χ4n) is 4.09. The Labute approximate surface area is 209 Å². The van der Waals surface area contributed by atoms with Crippen molar-refractivity contribution in [1.29, 1.82) is 0 Å². The number of nitrogens with zero attached hydrogens (tertiary/aromatic N) is 5. The number of imidazole rings is 1. The van der Waals surface area contributed by atoms with E-state index in [1.54, 1.807) is 21.8 Å². The minimum atomic E-state index is -0.292. The summed E-state index contributed by atoms with van der Waals surface area (Å²) in [4.78, 5) is 31.7. The first-order valence-electron chi connectivity index (χ1n) is 12.1. The highest BCUT2D eigenvalue weighted by atomic mass is 16.2. The van der Waals surface area contributed by atoms with Crippen LogP contribution in [0.15, 0.2) is 55.0 Å². The second-order valence-corrected chi connectivity index (χ2v) is 8.97.